The third-order valence-electron chi connectivity index (χ3n) is 8.00. The minimum atomic E-state index is 0.0551. The molecule has 3 aromatic rings. The molecule has 2 aliphatic heterocycles. The number of hydrogen-bond donors (Lipinski definition) is 2. The van der Waals surface area contributed by atoms with Gasteiger partial charge in [0.05, 0.1) is 18.0 Å². The normalized spacial score (nSPS) is 24.0. The lowest BCUT2D eigenvalue weighted by Crippen LogP contribution is -2.53. The summed E-state index contributed by atoms with van der Waals surface area (Å²) >= 11 is 0. The van der Waals surface area contributed by atoms with Crippen molar-refractivity contribution in [2.24, 2.45) is 27.7 Å². The number of benzene rings is 3. The summed E-state index contributed by atoms with van der Waals surface area (Å²) in [5.74, 6) is 9.72. The second-order valence-corrected chi connectivity index (χ2v) is 10.7. The molecule has 1 fully saturated rings. The maximum Gasteiger partial charge on any atom is 0.265 e. The van der Waals surface area contributed by atoms with E-state index in [1.807, 2.05) is 48.8 Å². The molecule has 3 N–H and O–H groups in total. The lowest BCUT2D eigenvalue weighted by Gasteiger charge is -2.29. The molecule has 2 heterocycles. The maximum absolute atomic E-state index is 7.02. The molecule has 3 aliphatic rings. The number of ether oxygens (including phenoxy) is 1. The first-order valence-electron chi connectivity index (χ1n) is 13.9. The summed E-state index contributed by atoms with van der Waals surface area (Å²) < 4.78 is 6.17. The summed E-state index contributed by atoms with van der Waals surface area (Å²) in [6, 6.07) is 28.9. The Morgan fingerprint density at radius 2 is 1.62 bits per heavy atom. The molecule has 6 nitrogen and oxygen atoms in total. The highest BCUT2D eigenvalue weighted by atomic mass is 16.5. The molecule has 6 heteroatoms. The Morgan fingerprint density at radius 1 is 0.872 bits per heavy atom. The largest absolute Gasteiger partial charge is 0.489 e. The Bertz CT molecular complexity index is 1400. The summed E-state index contributed by atoms with van der Waals surface area (Å²) in [5, 5.41) is 3.66. The quantitative estimate of drug-likeness (QED) is 0.266. The van der Waals surface area contributed by atoms with Crippen LogP contribution in [0.4, 0.5) is 0 Å². The topological polar surface area (TPSA) is 72.0 Å². The van der Waals surface area contributed by atoms with Crippen LogP contribution in [0.15, 0.2) is 119 Å². The zero-order chi connectivity index (χ0) is 26.5. The van der Waals surface area contributed by atoms with Crippen molar-refractivity contribution >= 4 is 12.1 Å². The lowest BCUT2D eigenvalue weighted by atomic mass is 9.80. The van der Waals surface area contributed by atoms with Crippen LogP contribution in [0.25, 0.3) is 0 Å². The van der Waals surface area contributed by atoms with Gasteiger partial charge >= 0.3 is 0 Å². The van der Waals surface area contributed by atoms with Crippen molar-refractivity contribution in [2.75, 3.05) is 6.54 Å². The van der Waals surface area contributed by atoms with Crippen LogP contribution in [0.5, 0.6) is 5.75 Å². The summed E-state index contributed by atoms with van der Waals surface area (Å²) in [7, 11) is 0. The third kappa shape index (κ3) is 5.64. The Balaban J connectivity index is 1.14. The van der Waals surface area contributed by atoms with Crippen molar-refractivity contribution in [3.63, 3.8) is 0 Å². The Morgan fingerprint density at radius 3 is 2.38 bits per heavy atom. The van der Waals surface area contributed by atoms with Crippen LogP contribution < -0.4 is 15.9 Å². The van der Waals surface area contributed by atoms with Crippen molar-refractivity contribution < 1.29 is 9.33 Å². The monoisotopic (exact) mass is 518 g/mol. The number of quaternary nitrogens is 1. The van der Waals surface area contributed by atoms with Crippen LogP contribution in [0.3, 0.4) is 0 Å². The fourth-order valence-electron chi connectivity index (χ4n) is 5.83. The summed E-state index contributed by atoms with van der Waals surface area (Å²) in [4.78, 5) is 9.65. The van der Waals surface area contributed by atoms with E-state index in [2.05, 4.69) is 58.8 Å². The van der Waals surface area contributed by atoms with E-state index >= 15 is 0 Å². The van der Waals surface area contributed by atoms with Crippen LogP contribution in [-0.4, -0.2) is 23.2 Å². The molecule has 0 saturated heterocycles. The first-order chi connectivity index (χ1) is 19.2. The molecule has 0 radical (unpaired) electrons. The van der Waals surface area contributed by atoms with Crippen molar-refractivity contribution in [1.82, 2.24) is 5.32 Å². The highest BCUT2D eigenvalue weighted by Crippen LogP contribution is 2.41. The highest BCUT2D eigenvalue weighted by Gasteiger charge is 2.46. The zero-order valence-corrected chi connectivity index (χ0v) is 22.2. The van der Waals surface area contributed by atoms with Gasteiger partial charge in [0, 0.05) is 12.5 Å². The Kier molecular flexibility index (Phi) is 7.50. The van der Waals surface area contributed by atoms with Gasteiger partial charge in [-0.05, 0) is 67.5 Å². The Hall–Kier alpha value is -3.84. The molecule has 0 aromatic heterocycles. The molecule has 1 aliphatic carbocycles. The molecule has 0 spiro atoms. The van der Waals surface area contributed by atoms with Crippen molar-refractivity contribution in [1.29, 1.82) is 0 Å². The Labute approximate surface area is 230 Å². The van der Waals surface area contributed by atoms with Gasteiger partial charge in [-0.1, -0.05) is 66.7 Å². The van der Waals surface area contributed by atoms with E-state index in [-0.39, 0.29) is 4.59 Å². The van der Waals surface area contributed by atoms with Crippen LogP contribution in [0, 0.1) is 11.8 Å². The van der Waals surface area contributed by atoms with Gasteiger partial charge in [-0.25, -0.2) is 0 Å². The lowest BCUT2D eigenvalue weighted by molar-refractivity contribution is -0.750. The predicted molar refractivity (Wildman–Crippen MR) is 156 cm³/mol. The van der Waals surface area contributed by atoms with Gasteiger partial charge in [0.25, 0.3) is 5.84 Å². The van der Waals surface area contributed by atoms with Crippen LogP contribution in [0.2, 0.25) is 0 Å². The molecule has 198 valence electrons. The number of fused-ring (bicyclic) bond motifs is 1. The average molecular weight is 519 g/mol. The van der Waals surface area contributed by atoms with Crippen LogP contribution >= 0.6 is 0 Å². The standard InChI is InChI=1S/C33H36N5O/c34-38-19-18-35-23-31(38)32(28-16-14-26(15-17-28)22-36-21-25-8-3-1-4-9-25)37-33(38)29-12-7-13-30(20-29)39-24-27-10-5-2-6-11-27/h1-13,18-20,23,26,28,36H,14-17,21-22,24,34H2/q+1. The molecule has 1 saturated carbocycles. The third-order valence-corrected chi connectivity index (χ3v) is 8.00. The van der Waals surface area contributed by atoms with Crippen molar-refractivity contribution in [2.45, 2.75) is 38.8 Å². The minimum Gasteiger partial charge on any atom is -0.489 e. The van der Waals surface area contributed by atoms with Gasteiger partial charge in [0.1, 0.15) is 24.3 Å². The molecule has 0 amide bonds. The van der Waals surface area contributed by atoms with Gasteiger partial charge in [0.15, 0.2) is 0 Å². The molecule has 0 bridgehead atoms. The molecule has 3 aromatic carbocycles. The van der Waals surface area contributed by atoms with Gasteiger partial charge < -0.3 is 10.1 Å². The summed E-state index contributed by atoms with van der Waals surface area (Å²) in [6.45, 7) is 2.50. The number of nitrogens with one attached hydrogen (secondary N) is 1. The molecular weight excluding hydrogens is 482 g/mol. The first-order valence-corrected chi connectivity index (χ1v) is 13.9. The highest BCUT2D eigenvalue weighted by molar-refractivity contribution is 6.00. The number of nitrogens with zero attached hydrogens (tertiary/aromatic N) is 3. The van der Waals surface area contributed by atoms with Gasteiger partial charge in [-0.2, -0.15) is 10.8 Å². The number of allylic oxidation sites excluding steroid dienone is 2. The molecule has 6 rings (SSSR count). The van der Waals surface area contributed by atoms with Gasteiger partial charge in [-0.3, -0.25) is 4.99 Å². The maximum atomic E-state index is 7.02. The second-order valence-electron chi connectivity index (χ2n) is 10.7. The van der Waals surface area contributed by atoms with E-state index in [0.717, 1.165) is 60.0 Å². The molecule has 39 heavy (non-hydrogen) atoms. The number of hydrogen-bond acceptors (Lipinski definition) is 5. The average Bonchev–Trinajstić information content (AvgIpc) is 3.31. The fourth-order valence-corrected chi connectivity index (χ4v) is 5.83. The number of nitrogens with two attached hydrogens (primary N) is 1. The van der Waals surface area contributed by atoms with E-state index in [1.165, 1.54) is 18.4 Å². The van der Waals surface area contributed by atoms with E-state index in [0.29, 0.717) is 18.4 Å². The number of aliphatic imine (C=N–C) groups is 2. The van der Waals surface area contributed by atoms with E-state index in [1.54, 1.807) is 6.20 Å². The second kappa shape index (κ2) is 11.5. The van der Waals surface area contributed by atoms with Crippen LogP contribution in [0.1, 0.15) is 42.4 Å². The number of rotatable bonds is 9. The van der Waals surface area contributed by atoms with E-state index < -0.39 is 0 Å². The SMILES string of the molecule is N[N+]12C=CN=CC1=C(C1CCC(CNCc3ccccc3)CC1)N=C2c1cccc(OCc2ccccc2)c1. The molecule has 1 unspecified atom stereocenters. The van der Waals surface area contributed by atoms with Gasteiger partial charge in [0.2, 0.25) is 5.70 Å². The predicted octanol–water partition coefficient (Wildman–Crippen LogP) is 6.08. The minimum absolute atomic E-state index is 0.0551. The van der Waals surface area contributed by atoms with Gasteiger partial charge in [-0.15, -0.1) is 4.59 Å². The smallest absolute Gasteiger partial charge is 0.265 e. The summed E-state index contributed by atoms with van der Waals surface area (Å²) in [5.41, 5.74) is 5.51. The van der Waals surface area contributed by atoms with E-state index in [4.69, 9.17) is 15.6 Å². The zero-order valence-electron chi connectivity index (χ0n) is 22.2. The fraction of sp³-hybridized carbons (Fsp3) is 0.273. The first kappa shape index (κ1) is 25.4. The van der Waals surface area contributed by atoms with Crippen molar-refractivity contribution in [3.8, 4) is 5.75 Å². The number of amidine groups is 1. The van der Waals surface area contributed by atoms with Crippen molar-refractivity contribution in [3.05, 3.63) is 125 Å². The van der Waals surface area contributed by atoms with E-state index in [9.17, 15) is 0 Å². The molecular formula is C33H36N5O+. The van der Waals surface area contributed by atoms with Crippen LogP contribution in [-0.2, 0) is 13.2 Å². The molecule has 1 atom stereocenters. The summed E-state index contributed by atoms with van der Waals surface area (Å²) in [6.07, 6.45) is 10.2.